The highest BCUT2D eigenvalue weighted by Crippen LogP contribution is 2.25. The van der Waals surface area contributed by atoms with E-state index in [1.165, 1.54) is 0 Å². The molecule has 3 aromatic rings. The van der Waals surface area contributed by atoms with Crippen LogP contribution in [-0.4, -0.2) is 41.9 Å². The lowest BCUT2D eigenvalue weighted by atomic mass is 10.0. The van der Waals surface area contributed by atoms with Gasteiger partial charge < -0.3 is 29.6 Å². The fraction of sp³-hybridized carbons (Fsp3) is 0.360. The number of benzene rings is 2. The second kappa shape index (κ2) is 10.6. The first-order chi connectivity index (χ1) is 15.7. The summed E-state index contributed by atoms with van der Waals surface area (Å²) in [6.45, 7) is 5.84. The van der Waals surface area contributed by atoms with Crippen LogP contribution in [0.3, 0.4) is 0 Å². The van der Waals surface area contributed by atoms with Crippen molar-refractivity contribution >= 4 is 34.2 Å². The second-order valence-electron chi connectivity index (χ2n) is 8.58. The van der Waals surface area contributed by atoms with Gasteiger partial charge in [0.15, 0.2) is 0 Å². The average Bonchev–Trinajstić information content (AvgIpc) is 3.18. The van der Waals surface area contributed by atoms with Crippen LogP contribution in [0.4, 0.5) is 0 Å². The van der Waals surface area contributed by atoms with Crippen LogP contribution in [0.5, 0.6) is 11.5 Å². The van der Waals surface area contributed by atoms with Crippen molar-refractivity contribution in [3.8, 4) is 11.5 Å². The highest BCUT2D eigenvalue weighted by Gasteiger charge is 2.18. The molecule has 0 radical (unpaired) electrons. The number of fused-ring (bicyclic) bond motifs is 1. The van der Waals surface area contributed by atoms with E-state index in [0.29, 0.717) is 29.5 Å². The van der Waals surface area contributed by atoms with E-state index in [2.05, 4.69) is 15.3 Å². The molecule has 0 saturated carbocycles. The lowest BCUT2D eigenvalue weighted by Crippen LogP contribution is -2.38. The molecule has 0 unspecified atom stereocenters. The third-order valence-electron chi connectivity index (χ3n) is 4.99. The van der Waals surface area contributed by atoms with Crippen LogP contribution < -0.4 is 19.9 Å². The minimum absolute atomic E-state index is 0.417. The fourth-order valence-corrected chi connectivity index (χ4v) is 3.63. The van der Waals surface area contributed by atoms with Crippen LogP contribution in [-0.2, 0) is 17.7 Å². The van der Waals surface area contributed by atoms with Crippen molar-refractivity contribution in [2.75, 3.05) is 14.2 Å². The highest BCUT2D eigenvalue weighted by molar-refractivity contribution is 7.80. The highest BCUT2D eigenvalue weighted by atomic mass is 32.1. The first-order valence-corrected chi connectivity index (χ1v) is 11.1. The molecule has 0 fully saturated rings. The molecule has 7 nitrogen and oxygen atoms in total. The van der Waals surface area contributed by atoms with Crippen molar-refractivity contribution in [1.29, 1.82) is 0 Å². The lowest BCUT2D eigenvalue weighted by Gasteiger charge is -2.30. The van der Waals surface area contributed by atoms with Crippen LogP contribution in [0.15, 0.2) is 53.7 Å². The molecule has 1 aromatic heterocycles. The van der Waals surface area contributed by atoms with E-state index in [4.69, 9.17) is 26.4 Å². The molecule has 0 spiro atoms. The summed E-state index contributed by atoms with van der Waals surface area (Å²) in [5.41, 5.74) is 2.31. The van der Waals surface area contributed by atoms with Gasteiger partial charge in [-0.3, -0.25) is 4.99 Å². The van der Waals surface area contributed by atoms with E-state index in [1.807, 2.05) is 69.4 Å². The number of aliphatic imine (C=N–C) groups is 1. The van der Waals surface area contributed by atoms with Crippen molar-refractivity contribution < 1.29 is 19.3 Å². The summed E-state index contributed by atoms with van der Waals surface area (Å²) in [7, 11) is 3.21. The number of para-hydroxylation sites is 1. The maximum absolute atomic E-state index is 12.5. The van der Waals surface area contributed by atoms with Gasteiger partial charge in [-0.15, -0.1) is 0 Å². The third kappa shape index (κ3) is 6.61. The monoisotopic (exact) mass is 468 g/mol. The Hall–Kier alpha value is -3.26. The summed E-state index contributed by atoms with van der Waals surface area (Å²) in [5.74, 6) is 1.39. The van der Waals surface area contributed by atoms with Gasteiger partial charge in [0.1, 0.15) is 28.6 Å². The van der Waals surface area contributed by atoms with Crippen molar-refractivity contribution in [3.05, 3.63) is 59.8 Å². The maximum Gasteiger partial charge on any atom is 0.146 e. The summed E-state index contributed by atoms with van der Waals surface area (Å²) >= 11 is 5.67. The fourth-order valence-electron chi connectivity index (χ4n) is 3.42. The predicted octanol–water partition coefficient (Wildman–Crippen LogP) is 3.74. The molecular weight excluding hydrogens is 438 g/mol. The quantitative estimate of drug-likeness (QED) is 0.297. The molecule has 0 aliphatic carbocycles. The van der Waals surface area contributed by atoms with Gasteiger partial charge in [-0.1, -0.05) is 51.2 Å². The zero-order valence-corrected chi connectivity index (χ0v) is 20.4. The molecule has 0 saturated heterocycles. The molecule has 2 N–H and O–H groups in total. The number of hydrogen-bond donors (Lipinski definition) is 2. The Morgan fingerprint density at radius 2 is 1.88 bits per heavy atom. The summed E-state index contributed by atoms with van der Waals surface area (Å²) in [4.78, 5) is 8.00. The molecule has 8 heteroatoms. The number of H-pyrrole nitrogens is 1. The van der Waals surface area contributed by atoms with Crippen LogP contribution in [0, 0.1) is 0 Å². The maximum atomic E-state index is 12.5. The molecule has 2 aromatic carbocycles. The van der Waals surface area contributed by atoms with Crippen molar-refractivity contribution in [2.24, 2.45) is 4.99 Å². The first-order valence-electron chi connectivity index (χ1n) is 10.7. The Kier molecular flexibility index (Phi) is 7.81. The van der Waals surface area contributed by atoms with Crippen LogP contribution in [0.1, 0.15) is 31.9 Å². The van der Waals surface area contributed by atoms with E-state index in [0.717, 1.165) is 22.0 Å². The summed E-state index contributed by atoms with van der Waals surface area (Å²) in [5, 5.41) is 16.8. The van der Waals surface area contributed by atoms with E-state index >= 15 is 0 Å². The molecule has 0 aliphatic heterocycles. The average molecular weight is 469 g/mol. The third-order valence-corrected chi connectivity index (χ3v) is 5.41. The van der Waals surface area contributed by atoms with Gasteiger partial charge in [0.25, 0.3) is 0 Å². The molecule has 176 valence electrons. The number of methoxy groups -OCH3 is 2. The van der Waals surface area contributed by atoms with Crippen molar-refractivity contribution in [2.45, 2.75) is 45.4 Å². The second-order valence-corrected chi connectivity index (χ2v) is 9.02. The van der Waals surface area contributed by atoms with Crippen molar-refractivity contribution in [1.82, 2.24) is 10.3 Å². The molecule has 0 aliphatic rings. The Labute approximate surface area is 199 Å². The largest absolute Gasteiger partial charge is 0.595 e. The van der Waals surface area contributed by atoms with Crippen LogP contribution in [0.25, 0.3) is 10.9 Å². The molecule has 0 bridgehead atoms. The lowest BCUT2D eigenvalue weighted by molar-refractivity contribution is -0.260. The van der Waals surface area contributed by atoms with Crippen LogP contribution >= 0.6 is 12.2 Å². The minimum atomic E-state index is -0.641. The number of nitrogens with one attached hydrogen (secondary N) is 2. The SMILES string of the molecule is COc1ccc(CNC(=S)[C@@H](Cc2c[nH]c3ccccc23)N=C([O-])OC(C)(C)C)c(OC)c1. The van der Waals surface area contributed by atoms with E-state index in [1.54, 1.807) is 14.2 Å². The number of thiocarbonyl (C=S) groups is 1. The molecule has 1 heterocycles. The summed E-state index contributed by atoms with van der Waals surface area (Å²) in [6, 6.07) is 13.0. The number of hydrogen-bond acceptors (Lipinski definition) is 6. The smallest absolute Gasteiger partial charge is 0.146 e. The summed E-state index contributed by atoms with van der Waals surface area (Å²) in [6.07, 6.45) is 1.74. The number of nitrogens with zero attached hydrogens (tertiary/aromatic N) is 1. The topological polar surface area (TPSA) is 90.9 Å². The minimum Gasteiger partial charge on any atom is -0.595 e. The van der Waals surface area contributed by atoms with Gasteiger partial charge in [-0.05, 0) is 23.8 Å². The molecule has 3 rings (SSSR count). The predicted molar refractivity (Wildman–Crippen MR) is 133 cm³/mol. The van der Waals surface area contributed by atoms with Gasteiger partial charge in [0.05, 0.1) is 14.2 Å². The van der Waals surface area contributed by atoms with Gasteiger partial charge in [-0.25, -0.2) is 0 Å². The Balaban J connectivity index is 1.82. The molecule has 33 heavy (non-hydrogen) atoms. The Morgan fingerprint density at radius 1 is 1.12 bits per heavy atom. The molecular formula is C25H30N3O4S-. The number of aromatic amines is 1. The van der Waals surface area contributed by atoms with E-state index in [-0.39, 0.29) is 0 Å². The zero-order chi connectivity index (χ0) is 24.0. The number of ether oxygens (including phenoxy) is 3. The first kappa shape index (κ1) is 24.4. The van der Waals surface area contributed by atoms with Crippen LogP contribution in [0.2, 0.25) is 0 Å². The normalized spacial score (nSPS) is 12.9. The Morgan fingerprint density at radius 3 is 2.58 bits per heavy atom. The zero-order valence-electron chi connectivity index (χ0n) is 19.6. The molecule has 0 amide bonds. The standard InChI is InChI=1S/C25H31N3O4S/c1-25(2,3)32-24(29)28-21(12-17-15-26-20-9-7-6-8-19(17)20)23(33)27-14-16-10-11-18(30-4)13-22(16)31-5/h6-11,13,15,21,26H,12,14H2,1-5H3,(H,27,33)(H,28,29)/p-1/t21-/m1/s1. The Bertz CT molecular complexity index is 1130. The van der Waals surface area contributed by atoms with Crippen molar-refractivity contribution in [3.63, 3.8) is 0 Å². The van der Waals surface area contributed by atoms with Gasteiger partial charge >= 0.3 is 0 Å². The van der Waals surface area contributed by atoms with E-state index in [9.17, 15) is 5.11 Å². The number of aromatic nitrogens is 1. The van der Waals surface area contributed by atoms with Gasteiger partial charge in [-0.2, -0.15) is 0 Å². The number of rotatable bonds is 8. The summed E-state index contributed by atoms with van der Waals surface area (Å²) < 4.78 is 16.1. The van der Waals surface area contributed by atoms with Gasteiger partial charge in [0.2, 0.25) is 0 Å². The molecule has 1 atom stereocenters. The van der Waals surface area contributed by atoms with Gasteiger partial charge in [0, 0.05) is 47.3 Å². The van der Waals surface area contributed by atoms with E-state index < -0.39 is 17.7 Å².